The van der Waals surface area contributed by atoms with Gasteiger partial charge < -0.3 is 10.6 Å². The van der Waals surface area contributed by atoms with E-state index in [0.717, 1.165) is 18.4 Å². The van der Waals surface area contributed by atoms with Crippen LogP contribution < -0.4 is 5.73 Å². The molecular weight excluding hydrogens is 212 g/mol. The first-order valence-corrected chi connectivity index (χ1v) is 5.91. The van der Waals surface area contributed by atoms with E-state index < -0.39 is 0 Å². The predicted octanol–water partition coefficient (Wildman–Crippen LogP) is 2.37. The summed E-state index contributed by atoms with van der Waals surface area (Å²) in [6, 6.07) is 5.88. The van der Waals surface area contributed by atoms with Crippen molar-refractivity contribution < 1.29 is 4.79 Å². The summed E-state index contributed by atoms with van der Waals surface area (Å²) in [4.78, 5) is 14.2. The van der Waals surface area contributed by atoms with Gasteiger partial charge in [0.25, 0.3) is 5.91 Å². The van der Waals surface area contributed by atoms with Gasteiger partial charge >= 0.3 is 0 Å². The normalized spacial score (nSPS) is 14.4. The summed E-state index contributed by atoms with van der Waals surface area (Å²) in [5.41, 5.74) is 8.18. The van der Waals surface area contributed by atoms with Crippen LogP contribution in [-0.2, 0) is 0 Å². The second-order valence-electron chi connectivity index (χ2n) is 4.55. The average Bonchev–Trinajstić information content (AvgIpc) is 3.13. The fourth-order valence-corrected chi connectivity index (χ4v) is 1.86. The Hall–Kier alpha value is -1.77. The second kappa shape index (κ2) is 4.62. The molecule has 2 rings (SSSR count). The maximum absolute atomic E-state index is 12.3. The van der Waals surface area contributed by atoms with Gasteiger partial charge in [-0.1, -0.05) is 12.1 Å². The van der Waals surface area contributed by atoms with E-state index in [9.17, 15) is 4.79 Å². The summed E-state index contributed by atoms with van der Waals surface area (Å²) in [6.07, 6.45) is 3.97. The monoisotopic (exact) mass is 230 g/mol. The molecule has 1 saturated carbocycles. The highest BCUT2D eigenvalue weighted by Crippen LogP contribution is 2.28. The highest BCUT2D eigenvalue weighted by atomic mass is 16.2. The molecule has 1 fully saturated rings. The van der Waals surface area contributed by atoms with Gasteiger partial charge in [0, 0.05) is 23.8 Å². The molecule has 3 nitrogen and oxygen atoms in total. The third-order valence-electron chi connectivity index (χ3n) is 3.10. The molecule has 1 aromatic carbocycles. The number of aryl methyl sites for hydroxylation is 1. The molecule has 0 bridgehead atoms. The van der Waals surface area contributed by atoms with E-state index in [1.807, 2.05) is 24.0 Å². The molecule has 1 aliphatic carbocycles. The lowest BCUT2D eigenvalue weighted by atomic mass is 10.1. The Morgan fingerprint density at radius 2 is 2.29 bits per heavy atom. The zero-order valence-electron chi connectivity index (χ0n) is 10.1. The number of rotatable bonds is 4. The van der Waals surface area contributed by atoms with Crippen LogP contribution in [0.4, 0.5) is 5.69 Å². The molecule has 0 spiro atoms. The quantitative estimate of drug-likeness (QED) is 0.637. The number of benzene rings is 1. The smallest absolute Gasteiger partial charge is 0.254 e. The Morgan fingerprint density at radius 3 is 2.82 bits per heavy atom. The molecular formula is C14H18N2O. The number of nitrogen functional groups attached to an aromatic ring is 1. The molecule has 90 valence electrons. The van der Waals surface area contributed by atoms with Crippen LogP contribution in [0.25, 0.3) is 0 Å². The minimum atomic E-state index is 0.0547. The van der Waals surface area contributed by atoms with E-state index in [2.05, 4.69) is 6.58 Å². The molecule has 0 aliphatic heterocycles. The number of hydrogen-bond acceptors (Lipinski definition) is 2. The van der Waals surface area contributed by atoms with E-state index in [1.54, 1.807) is 12.1 Å². The first-order chi connectivity index (χ1) is 8.13. The number of carbonyl (C=O) groups is 1. The largest absolute Gasteiger partial charge is 0.398 e. The van der Waals surface area contributed by atoms with Gasteiger partial charge in [0.2, 0.25) is 0 Å². The molecule has 0 saturated heterocycles. The summed E-state index contributed by atoms with van der Waals surface area (Å²) < 4.78 is 0. The fourth-order valence-electron chi connectivity index (χ4n) is 1.86. The van der Waals surface area contributed by atoms with Crippen molar-refractivity contribution in [2.45, 2.75) is 25.8 Å². The van der Waals surface area contributed by atoms with Crippen LogP contribution in [0.3, 0.4) is 0 Å². The topological polar surface area (TPSA) is 46.3 Å². The third-order valence-corrected chi connectivity index (χ3v) is 3.10. The zero-order chi connectivity index (χ0) is 12.4. The predicted molar refractivity (Wildman–Crippen MR) is 69.8 cm³/mol. The van der Waals surface area contributed by atoms with E-state index in [0.29, 0.717) is 23.8 Å². The van der Waals surface area contributed by atoms with Crippen LogP contribution in [0.2, 0.25) is 0 Å². The van der Waals surface area contributed by atoms with Crippen LogP contribution in [0.1, 0.15) is 28.8 Å². The van der Waals surface area contributed by atoms with Gasteiger partial charge in [0.1, 0.15) is 0 Å². The highest BCUT2D eigenvalue weighted by Gasteiger charge is 2.32. The van der Waals surface area contributed by atoms with E-state index in [1.165, 1.54) is 0 Å². The molecule has 0 atom stereocenters. The van der Waals surface area contributed by atoms with Crippen molar-refractivity contribution in [1.29, 1.82) is 0 Å². The Kier molecular flexibility index (Phi) is 3.18. The van der Waals surface area contributed by atoms with Crippen molar-refractivity contribution >= 4 is 11.6 Å². The lowest BCUT2D eigenvalue weighted by Crippen LogP contribution is -2.33. The summed E-state index contributed by atoms with van der Waals surface area (Å²) in [5.74, 6) is 0.0547. The molecule has 0 aromatic heterocycles. The third kappa shape index (κ3) is 2.49. The first kappa shape index (κ1) is 11.7. The Morgan fingerprint density at radius 1 is 1.59 bits per heavy atom. The van der Waals surface area contributed by atoms with Gasteiger partial charge in [-0.3, -0.25) is 4.79 Å². The Balaban J connectivity index is 2.21. The number of carbonyl (C=O) groups excluding carboxylic acids is 1. The molecule has 1 aliphatic rings. The Labute approximate surface area is 102 Å². The molecule has 17 heavy (non-hydrogen) atoms. The minimum absolute atomic E-state index is 0.0547. The molecule has 3 heteroatoms. The van der Waals surface area contributed by atoms with E-state index in [4.69, 9.17) is 5.73 Å². The van der Waals surface area contributed by atoms with Gasteiger partial charge in [-0.05, 0) is 37.5 Å². The maximum Gasteiger partial charge on any atom is 0.254 e. The van der Waals surface area contributed by atoms with Crippen molar-refractivity contribution in [3.05, 3.63) is 42.0 Å². The van der Waals surface area contributed by atoms with Crippen LogP contribution in [0, 0.1) is 6.92 Å². The van der Waals surface area contributed by atoms with E-state index in [-0.39, 0.29) is 5.91 Å². The van der Waals surface area contributed by atoms with Crippen LogP contribution in [-0.4, -0.2) is 23.4 Å². The van der Waals surface area contributed by atoms with Gasteiger partial charge in [-0.2, -0.15) is 0 Å². The number of nitrogens with zero attached hydrogens (tertiary/aromatic N) is 1. The molecule has 1 amide bonds. The molecule has 2 N–H and O–H groups in total. The van der Waals surface area contributed by atoms with Gasteiger partial charge in [-0.15, -0.1) is 6.58 Å². The standard InChI is InChI=1S/C14H18N2O/c1-3-8-16(12-6-7-12)14(17)11-5-4-10(2)13(15)9-11/h3-5,9,12H,1,6-8,15H2,2H3. The van der Waals surface area contributed by atoms with Crippen molar-refractivity contribution in [2.24, 2.45) is 0 Å². The SMILES string of the molecule is C=CCN(C(=O)c1ccc(C)c(N)c1)C1CC1. The lowest BCUT2D eigenvalue weighted by Gasteiger charge is -2.21. The van der Waals surface area contributed by atoms with E-state index >= 15 is 0 Å². The number of hydrogen-bond donors (Lipinski definition) is 1. The van der Waals surface area contributed by atoms with Crippen molar-refractivity contribution in [3.8, 4) is 0 Å². The minimum Gasteiger partial charge on any atom is -0.398 e. The van der Waals surface area contributed by atoms with Crippen molar-refractivity contribution in [1.82, 2.24) is 4.90 Å². The summed E-state index contributed by atoms with van der Waals surface area (Å²) in [7, 11) is 0. The second-order valence-corrected chi connectivity index (χ2v) is 4.55. The van der Waals surface area contributed by atoms with Crippen LogP contribution in [0.5, 0.6) is 0 Å². The number of amides is 1. The average molecular weight is 230 g/mol. The Bertz CT molecular complexity index is 450. The summed E-state index contributed by atoms with van der Waals surface area (Å²) in [5, 5.41) is 0. The molecule has 0 radical (unpaired) electrons. The van der Waals surface area contributed by atoms with Gasteiger partial charge in [0.15, 0.2) is 0 Å². The molecule has 0 heterocycles. The molecule has 1 aromatic rings. The van der Waals surface area contributed by atoms with Gasteiger partial charge in [-0.25, -0.2) is 0 Å². The van der Waals surface area contributed by atoms with Crippen molar-refractivity contribution in [3.63, 3.8) is 0 Å². The maximum atomic E-state index is 12.3. The lowest BCUT2D eigenvalue weighted by molar-refractivity contribution is 0.0762. The zero-order valence-corrected chi connectivity index (χ0v) is 10.1. The fraction of sp³-hybridized carbons (Fsp3) is 0.357. The van der Waals surface area contributed by atoms with Gasteiger partial charge in [0.05, 0.1) is 0 Å². The van der Waals surface area contributed by atoms with Crippen LogP contribution >= 0.6 is 0 Å². The van der Waals surface area contributed by atoms with Crippen LogP contribution in [0.15, 0.2) is 30.9 Å². The number of anilines is 1. The molecule has 0 unspecified atom stereocenters. The van der Waals surface area contributed by atoms with Crippen molar-refractivity contribution in [2.75, 3.05) is 12.3 Å². The number of nitrogens with two attached hydrogens (primary N) is 1. The summed E-state index contributed by atoms with van der Waals surface area (Å²) >= 11 is 0. The first-order valence-electron chi connectivity index (χ1n) is 5.91. The summed E-state index contributed by atoms with van der Waals surface area (Å²) in [6.45, 7) is 6.24. The highest BCUT2D eigenvalue weighted by molar-refractivity contribution is 5.95.